The van der Waals surface area contributed by atoms with Gasteiger partial charge in [0.05, 0.1) is 17.3 Å². The molecule has 1 aromatic heterocycles. The smallest absolute Gasteiger partial charge is 0.306 e. The molecule has 6 heteroatoms. The molecule has 2 aromatic carbocycles. The summed E-state index contributed by atoms with van der Waals surface area (Å²) in [5.74, 6) is 0.156. The zero-order valence-electron chi connectivity index (χ0n) is 12.8. The number of fused-ring (bicyclic) bond motifs is 1. The summed E-state index contributed by atoms with van der Waals surface area (Å²) in [6, 6.07) is 14.7. The predicted molar refractivity (Wildman–Crippen MR) is 94.6 cm³/mol. The molecule has 122 valence electrons. The van der Waals surface area contributed by atoms with E-state index in [9.17, 15) is 9.59 Å². The fourth-order valence-electron chi connectivity index (χ4n) is 2.34. The Balaban J connectivity index is 1.59. The number of hydrogen-bond acceptors (Lipinski definition) is 4. The Morgan fingerprint density at radius 1 is 1.17 bits per heavy atom. The Labute approximate surface area is 146 Å². The van der Waals surface area contributed by atoms with E-state index in [0.29, 0.717) is 23.1 Å². The predicted octanol–water partition coefficient (Wildman–Crippen LogP) is 3.36. The first-order valence-corrected chi connectivity index (χ1v) is 8.29. The summed E-state index contributed by atoms with van der Waals surface area (Å²) in [5.41, 5.74) is 1.34. The molecule has 1 heterocycles. The van der Waals surface area contributed by atoms with Gasteiger partial charge in [0.2, 0.25) is 0 Å². The van der Waals surface area contributed by atoms with Crippen LogP contribution in [0.4, 0.5) is 0 Å². The Morgan fingerprint density at radius 2 is 2.00 bits per heavy atom. The standard InChI is InChI=1S/C18H15BrN2O3/c19-13-5-3-4-12(10-13)11-24-17(22)9-8-16-20-15-7-2-1-6-14(15)18(23)21-16/h1-7,10H,8-9,11H2,(H,20,21,23). The molecule has 1 N–H and O–H groups in total. The summed E-state index contributed by atoms with van der Waals surface area (Å²) in [4.78, 5) is 30.9. The second-order valence-corrected chi connectivity index (χ2v) is 6.24. The van der Waals surface area contributed by atoms with Crippen molar-refractivity contribution in [3.63, 3.8) is 0 Å². The molecule has 0 aliphatic rings. The zero-order chi connectivity index (χ0) is 16.9. The number of H-pyrrole nitrogens is 1. The lowest BCUT2D eigenvalue weighted by atomic mass is 10.2. The fourth-order valence-corrected chi connectivity index (χ4v) is 2.78. The van der Waals surface area contributed by atoms with Crippen LogP contribution in [0.3, 0.4) is 0 Å². The van der Waals surface area contributed by atoms with Crippen LogP contribution in [0.5, 0.6) is 0 Å². The fraction of sp³-hybridized carbons (Fsp3) is 0.167. The number of rotatable bonds is 5. The van der Waals surface area contributed by atoms with Crippen molar-refractivity contribution in [2.75, 3.05) is 0 Å². The maximum atomic E-state index is 12.0. The maximum absolute atomic E-state index is 12.0. The number of nitrogens with zero attached hydrogens (tertiary/aromatic N) is 1. The molecule has 0 fully saturated rings. The van der Waals surface area contributed by atoms with Crippen LogP contribution >= 0.6 is 15.9 Å². The van der Waals surface area contributed by atoms with E-state index in [1.54, 1.807) is 18.2 Å². The number of para-hydroxylation sites is 1. The molecule has 0 aliphatic carbocycles. The summed E-state index contributed by atoms with van der Waals surface area (Å²) in [6.07, 6.45) is 0.493. The minimum atomic E-state index is -0.328. The van der Waals surface area contributed by atoms with Crippen LogP contribution in [0.2, 0.25) is 0 Å². The van der Waals surface area contributed by atoms with Gasteiger partial charge in [-0.1, -0.05) is 40.2 Å². The van der Waals surface area contributed by atoms with Gasteiger partial charge in [-0.2, -0.15) is 0 Å². The van der Waals surface area contributed by atoms with E-state index in [4.69, 9.17) is 4.74 Å². The van der Waals surface area contributed by atoms with Crippen molar-refractivity contribution in [3.8, 4) is 0 Å². The molecule has 0 bridgehead atoms. The van der Waals surface area contributed by atoms with Gasteiger partial charge in [0.25, 0.3) is 5.56 Å². The van der Waals surface area contributed by atoms with Crippen LogP contribution in [-0.4, -0.2) is 15.9 Å². The second kappa shape index (κ2) is 7.40. The van der Waals surface area contributed by atoms with E-state index >= 15 is 0 Å². The number of ether oxygens (including phenoxy) is 1. The average molecular weight is 387 g/mol. The molecule has 24 heavy (non-hydrogen) atoms. The van der Waals surface area contributed by atoms with E-state index in [0.717, 1.165) is 10.0 Å². The molecule has 3 aromatic rings. The number of aryl methyl sites for hydroxylation is 1. The molecular formula is C18H15BrN2O3. The number of carbonyl (C=O) groups is 1. The Bertz CT molecular complexity index is 937. The van der Waals surface area contributed by atoms with Crippen LogP contribution in [0, 0.1) is 0 Å². The van der Waals surface area contributed by atoms with Gasteiger partial charge in [-0.3, -0.25) is 9.59 Å². The maximum Gasteiger partial charge on any atom is 0.306 e. The molecule has 0 spiro atoms. The number of esters is 1. The molecule has 0 saturated heterocycles. The highest BCUT2D eigenvalue weighted by atomic mass is 79.9. The molecule has 0 saturated carbocycles. The molecule has 3 rings (SSSR count). The highest BCUT2D eigenvalue weighted by molar-refractivity contribution is 9.10. The van der Waals surface area contributed by atoms with Crippen molar-refractivity contribution in [1.82, 2.24) is 9.97 Å². The van der Waals surface area contributed by atoms with Crippen molar-refractivity contribution in [1.29, 1.82) is 0 Å². The van der Waals surface area contributed by atoms with Crippen molar-refractivity contribution >= 4 is 32.8 Å². The van der Waals surface area contributed by atoms with Gasteiger partial charge < -0.3 is 9.72 Å². The number of hydrogen-bond donors (Lipinski definition) is 1. The summed E-state index contributed by atoms with van der Waals surface area (Å²) in [7, 11) is 0. The van der Waals surface area contributed by atoms with Crippen LogP contribution in [-0.2, 0) is 22.6 Å². The molecule has 5 nitrogen and oxygen atoms in total. The van der Waals surface area contributed by atoms with Gasteiger partial charge in [0.15, 0.2) is 0 Å². The number of aromatic amines is 1. The lowest BCUT2D eigenvalue weighted by molar-refractivity contribution is -0.144. The summed E-state index contributed by atoms with van der Waals surface area (Å²) < 4.78 is 6.18. The number of benzene rings is 2. The minimum Gasteiger partial charge on any atom is -0.461 e. The average Bonchev–Trinajstić information content (AvgIpc) is 2.58. The lowest BCUT2D eigenvalue weighted by Crippen LogP contribution is -2.13. The van der Waals surface area contributed by atoms with Gasteiger partial charge in [-0.25, -0.2) is 4.98 Å². The Kier molecular flexibility index (Phi) is 5.05. The highest BCUT2D eigenvalue weighted by Crippen LogP contribution is 2.13. The minimum absolute atomic E-state index is 0.162. The van der Waals surface area contributed by atoms with Crippen molar-refractivity contribution < 1.29 is 9.53 Å². The first kappa shape index (κ1) is 16.4. The highest BCUT2D eigenvalue weighted by Gasteiger charge is 2.08. The monoisotopic (exact) mass is 386 g/mol. The molecule has 0 aliphatic heterocycles. The molecule has 0 amide bonds. The topological polar surface area (TPSA) is 72.0 Å². The second-order valence-electron chi connectivity index (χ2n) is 5.32. The molecule has 0 radical (unpaired) electrons. The Morgan fingerprint density at radius 3 is 2.83 bits per heavy atom. The number of aromatic nitrogens is 2. The quantitative estimate of drug-likeness (QED) is 0.682. The first-order valence-electron chi connectivity index (χ1n) is 7.50. The third-order valence-electron chi connectivity index (χ3n) is 3.52. The van der Waals surface area contributed by atoms with Gasteiger partial charge in [0.1, 0.15) is 12.4 Å². The van der Waals surface area contributed by atoms with E-state index in [1.165, 1.54) is 0 Å². The van der Waals surface area contributed by atoms with Gasteiger partial charge in [0, 0.05) is 10.9 Å². The van der Waals surface area contributed by atoms with Crippen LogP contribution in [0.15, 0.2) is 57.8 Å². The van der Waals surface area contributed by atoms with Crippen molar-refractivity contribution in [2.24, 2.45) is 0 Å². The third-order valence-corrected chi connectivity index (χ3v) is 4.01. The molecule has 0 atom stereocenters. The largest absolute Gasteiger partial charge is 0.461 e. The van der Waals surface area contributed by atoms with E-state index in [1.807, 2.05) is 30.3 Å². The number of halogens is 1. The van der Waals surface area contributed by atoms with Crippen molar-refractivity contribution in [3.05, 3.63) is 74.7 Å². The SMILES string of the molecule is O=C(CCc1nc2ccccc2c(=O)[nH]1)OCc1cccc(Br)c1. The van der Waals surface area contributed by atoms with Gasteiger partial charge >= 0.3 is 5.97 Å². The van der Waals surface area contributed by atoms with E-state index in [-0.39, 0.29) is 24.6 Å². The van der Waals surface area contributed by atoms with Crippen LogP contribution in [0.1, 0.15) is 17.8 Å². The van der Waals surface area contributed by atoms with Crippen LogP contribution in [0.25, 0.3) is 10.9 Å². The van der Waals surface area contributed by atoms with Crippen LogP contribution < -0.4 is 5.56 Å². The third kappa shape index (κ3) is 4.08. The first-order chi connectivity index (χ1) is 11.6. The zero-order valence-corrected chi connectivity index (χ0v) is 14.4. The summed E-state index contributed by atoms with van der Waals surface area (Å²) >= 11 is 3.37. The summed E-state index contributed by atoms with van der Waals surface area (Å²) in [6.45, 7) is 0.222. The lowest BCUT2D eigenvalue weighted by Gasteiger charge is -2.06. The van der Waals surface area contributed by atoms with Gasteiger partial charge in [-0.05, 0) is 29.8 Å². The number of nitrogens with one attached hydrogen (secondary N) is 1. The Hall–Kier alpha value is -2.47. The van der Waals surface area contributed by atoms with Gasteiger partial charge in [-0.15, -0.1) is 0 Å². The number of carbonyl (C=O) groups excluding carboxylic acids is 1. The van der Waals surface area contributed by atoms with E-state index < -0.39 is 0 Å². The summed E-state index contributed by atoms with van der Waals surface area (Å²) in [5, 5.41) is 0.540. The molecule has 0 unspecified atom stereocenters. The van der Waals surface area contributed by atoms with E-state index in [2.05, 4.69) is 25.9 Å². The normalized spacial score (nSPS) is 10.7. The van der Waals surface area contributed by atoms with Crippen molar-refractivity contribution in [2.45, 2.75) is 19.4 Å². The molecular weight excluding hydrogens is 372 g/mol.